The molecule has 3 rings (SSSR count). The molecule has 6 heteroatoms. The molecule has 0 spiro atoms. The topological polar surface area (TPSA) is 67.0 Å². The number of nitrogens with zero attached hydrogens (tertiary/aromatic N) is 1. The summed E-state index contributed by atoms with van der Waals surface area (Å²) < 4.78 is 5.56. The molecule has 1 atom stereocenters. The van der Waals surface area contributed by atoms with E-state index < -0.39 is 0 Å². The van der Waals surface area contributed by atoms with Crippen LogP contribution in [0.25, 0.3) is 0 Å². The van der Waals surface area contributed by atoms with Gasteiger partial charge in [-0.3, -0.25) is 4.79 Å². The van der Waals surface area contributed by atoms with Crippen molar-refractivity contribution in [3.05, 3.63) is 92.1 Å². The highest BCUT2D eigenvalue weighted by molar-refractivity contribution is 6.30. The number of aromatic amines is 1. The van der Waals surface area contributed by atoms with E-state index in [1.54, 1.807) is 20.1 Å². The van der Waals surface area contributed by atoms with Gasteiger partial charge in [0.25, 0.3) is 5.56 Å². The van der Waals surface area contributed by atoms with Gasteiger partial charge >= 0.3 is 0 Å². The minimum Gasteiger partial charge on any atom is -0.496 e. The fourth-order valence-electron chi connectivity index (χ4n) is 3.34. The van der Waals surface area contributed by atoms with Crippen LogP contribution in [-0.4, -0.2) is 17.1 Å². The van der Waals surface area contributed by atoms with E-state index in [4.69, 9.17) is 16.3 Å². The summed E-state index contributed by atoms with van der Waals surface area (Å²) in [5.74, 6) is 1.49. The van der Waals surface area contributed by atoms with Gasteiger partial charge in [0.15, 0.2) is 0 Å². The number of aromatic nitrogens is 2. The molecule has 3 aromatic rings. The zero-order valence-corrected chi connectivity index (χ0v) is 17.0. The zero-order chi connectivity index (χ0) is 20.1. The second kappa shape index (κ2) is 9.04. The Morgan fingerprint density at radius 1 is 1.18 bits per heavy atom. The predicted molar refractivity (Wildman–Crippen MR) is 112 cm³/mol. The molecule has 0 unspecified atom stereocenters. The van der Waals surface area contributed by atoms with E-state index in [9.17, 15) is 4.79 Å². The van der Waals surface area contributed by atoms with Gasteiger partial charge in [-0.15, -0.1) is 0 Å². The number of aryl methyl sites for hydroxylation is 2. The van der Waals surface area contributed by atoms with Crippen LogP contribution >= 0.6 is 11.6 Å². The number of hydrogen-bond acceptors (Lipinski definition) is 4. The van der Waals surface area contributed by atoms with Crippen molar-refractivity contribution in [3.63, 3.8) is 0 Å². The van der Waals surface area contributed by atoms with Crippen LogP contribution in [0, 0.1) is 13.8 Å². The van der Waals surface area contributed by atoms with Crippen molar-refractivity contribution < 1.29 is 4.74 Å². The zero-order valence-electron chi connectivity index (χ0n) is 16.3. The normalized spacial score (nSPS) is 12.0. The number of rotatable bonds is 7. The van der Waals surface area contributed by atoms with E-state index in [1.807, 2.05) is 49.4 Å². The smallest absolute Gasteiger partial charge is 0.251 e. The maximum Gasteiger partial charge on any atom is 0.251 e. The predicted octanol–water partition coefficient (Wildman–Crippen LogP) is 4.12. The van der Waals surface area contributed by atoms with Crippen molar-refractivity contribution in [2.75, 3.05) is 7.11 Å². The third-order valence-electron chi connectivity index (χ3n) is 4.64. The molecule has 2 aromatic carbocycles. The van der Waals surface area contributed by atoms with Gasteiger partial charge in [0.2, 0.25) is 0 Å². The average Bonchev–Trinajstić information content (AvgIpc) is 2.65. The first-order valence-corrected chi connectivity index (χ1v) is 9.52. The summed E-state index contributed by atoms with van der Waals surface area (Å²) in [5, 5.41) is 4.27. The molecule has 0 aliphatic heterocycles. The van der Waals surface area contributed by atoms with E-state index in [1.165, 1.54) is 0 Å². The van der Waals surface area contributed by atoms with Gasteiger partial charge in [-0.05, 0) is 37.1 Å². The number of H-pyrrole nitrogens is 1. The molecule has 0 amide bonds. The van der Waals surface area contributed by atoms with Crippen LogP contribution < -0.4 is 15.6 Å². The Bertz CT molecular complexity index is 999. The third kappa shape index (κ3) is 5.00. The van der Waals surface area contributed by atoms with Crippen molar-refractivity contribution >= 4 is 11.6 Å². The number of benzene rings is 2. The molecule has 0 radical (unpaired) electrons. The van der Waals surface area contributed by atoms with Crippen molar-refractivity contribution in [2.45, 2.75) is 32.9 Å². The van der Waals surface area contributed by atoms with Crippen LogP contribution in [0.5, 0.6) is 5.75 Å². The summed E-state index contributed by atoms with van der Waals surface area (Å²) >= 11 is 6.05. The average molecular weight is 398 g/mol. The number of nitrogens with one attached hydrogen (secondary N) is 2. The molecule has 0 saturated carbocycles. The quantitative estimate of drug-likeness (QED) is 0.629. The second-order valence-corrected chi connectivity index (χ2v) is 7.22. The van der Waals surface area contributed by atoms with Gasteiger partial charge in [-0.1, -0.05) is 41.9 Å². The standard InChI is InChI=1S/C22H24ClN3O2/c1-14-5-4-6-17(22(14)28-3)13-24-20(16-7-9-18(23)10-8-16)11-19-12-21(27)26-15(2)25-19/h4-10,12,20,24H,11,13H2,1-3H3,(H,25,26,27)/t20-/m0/s1. The highest BCUT2D eigenvalue weighted by atomic mass is 35.5. The van der Waals surface area contributed by atoms with Crippen molar-refractivity contribution in [1.82, 2.24) is 15.3 Å². The maximum atomic E-state index is 11.8. The van der Waals surface area contributed by atoms with Gasteiger partial charge < -0.3 is 15.0 Å². The molecule has 1 heterocycles. The van der Waals surface area contributed by atoms with Crippen LogP contribution in [0.15, 0.2) is 53.3 Å². The highest BCUT2D eigenvalue weighted by Crippen LogP contribution is 2.25. The molecular weight excluding hydrogens is 374 g/mol. The van der Waals surface area contributed by atoms with E-state index in [-0.39, 0.29) is 11.6 Å². The largest absolute Gasteiger partial charge is 0.496 e. The second-order valence-electron chi connectivity index (χ2n) is 6.78. The summed E-state index contributed by atoms with van der Waals surface area (Å²) in [6.07, 6.45) is 0.584. The minimum absolute atomic E-state index is 0.0313. The first kappa shape index (κ1) is 20.1. The Morgan fingerprint density at radius 2 is 1.93 bits per heavy atom. The first-order chi connectivity index (χ1) is 13.5. The third-order valence-corrected chi connectivity index (χ3v) is 4.89. The molecule has 28 heavy (non-hydrogen) atoms. The van der Waals surface area contributed by atoms with Crippen LogP contribution in [0.2, 0.25) is 5.02 Å². The Hall–Kier alpha value is -2.63. The molecule has 1 aromatic heterocycles. The minimum atomic E-state index is -0.141. The van der Waals surface area contributed by atoms with Crippen LogP contribution in [0.4, 0.5) is 0 Å². The first-order valence-electron chi connectivity index (χ1n) is 9.14. The lowest BCUT2D eigenvalue weighted by atomic mass is 10.0. The van der Waals surface area contributed by atoms with Gasteiger partial charge in [0, 0.05) is 41.4 Å². The Morgan fingerprint density at radius 3 is 2.61 bits per heavy atom. The van der Waals surface area contributed by atoms with Crippen molar-refractivity contribution in [2.24, 2.45) is 0 Å². The number of ether oxygens (including phenoxy) is 1. The Labute approximate surface area is 169 Å². The number of hydrogen-bond donors (Lipinski definition) is 2. The van der Waals surface area contributed by atoms with Gasteiger partial charge in [0.1, 0.15) is 11.6 Å². The van der Waals surface area contributed by atoms with E-state index in [0.29, 0.717) is 23.8 Å². The van der Waals surface area contributed by atoms with Crippen LogP contribution in [-0.2, 0) is 13.0 Å². The molecular formula is C22H24ClN3O2. The summed E-state index contributed by atoms with van der Waals surface area (Å²) in [6.45, 7) is 4.44. The summed E-state index contributed by atoms with van der Waals surface area (Å²) in [4.78, 5) is 19.0. The Balaban J connectivity index is 1.87. The monoisotopic (exact) mass is 397 g/mol. The summed E-state index contributed by atoms with van der Waals surface area (Å²) in [6, 6.07) is 15.3. The number of halogens is 1. The van der Waals surface area contributed by atoms with Crippen molar-refractivity contribution in [1.29, 1.82) is 0 Å². The molecule has 0 aliphatic carbocycles. The number of methoxy groups -OCH3 is 1. The Kier molecular flexibility index (Phi) is 6.49. The lowest BCUT2D eigenvalue weighted by Crippen LogP contribution is -2.24. The van der Waals surface area contributed by atoms with Crippen LogP contribution in [0.3, 0.4) is 0 Å². The molecule has 0 aliphatic rings. The van der Waals surface area contributed by atoms with Crippen LogP contribution in [0.1, 0.15) is 34.3 Å². The fraction of sp³-hybridized carbons (Fsp3) is 0.273. The molecule has 2 N–H and O–H groups in total. The van der Waals surface area contributed by atoms with Gasteiger partial charge in [-0.25, -0.2) is 4.98 Å². The van der Waals surface area contributed by atoms with Crippen molar-refractivity contribution in [3.8, 4) is 5.75 Å². The molecule has 0 bridgehead atoms. The summed E-state index contributed by atoms with van der Waals surface area (Å²) in [5.41, 5.74) is 3.85. The van der Waals surface area contributed by atoms with Gasteiger partial charge in [-0.2, -0.15) is 0 Å². The van der Waals surface area contributed by atoms with Gasteiger partial charge in [0.05, 0.1) is 7.11 Å². The SMILES string of the molecule is COc1c(C)cccc1CN[C@@H](Cc1cc(=O)[nH]c(C)n1)c1ccc(Cl)cc1. The number of para-hydroxylation sites is 1. The molecule has 146 valence electrons. The molecule has 0 saturated heterocycles. The van der Waals surface area contributed by atoms with E-state index in [2.05, 4.69) is 15.3 Å². The summed E-state index contributed by atoms with van der Waals surface area (Å²) in [7, 11) is 1.69. The maximum absolute atomic E-state index is 11.8. The van der Waals surface area contributed by atoms with E-state index in [0.717, 1.165) is 28.1 Å². The molecule has 5 nitrogen and oxygen atoms in total. The molecule has 0 fully saturated rings. The lowest BCUT2D eigenvalue weighted by molar-refractivity contribution is 0.402. The highest BCUT2D eigenvalue weighted by Gasteiger charge is 2.15. The fourth-order valence-corrected chi connectivity index (χ4v) is 3.46. The van der Waals surface area contributed by atoms with E-state index >= 15 is 0 Å². The lowest BCUT2D eigenvalue weighted by Gasteiger charge is -2.21.